The smallest absolute Gasteiger partial charge is 0.157 e. The van der Waals surface area contributed by atoms with Gasteiger partial charge in [0, 0.05) is 5.92 Å². The topological polar surface area (TPSA) is 29.5 Å². The molecule has 0 saturated carbocycles. The van der Waals surface area contributed by atoms with Crippen LogP contribution in [0, 0.1) is 11.8 Å². The van der Waals surface area contributed by atoms with E-state index < -0.39 is 6.29 Å². The summed E-state index contributed by atoms with van der Waals surface area (Å²) < 4.78 is 5.22. The van der Waals surface area contributed by atoms with Crippen LogP contribution in [0.1, 0.15) is 27.2 Å². The van der Waals surface area contributed by atoms with Gasteiger partial charge in [-0.1, -0.05) is 13.8 Å². The van der Waals surface area contributed by atoms with E-state index in [4.69, 9.17) is 4.74 Å². The van der Waals surface area contributed by atoms with Crippen molar-refractivity contribution >= 4 is 0 Å². The highest BCUT2D eigenvalue weighted by atomic mass is 16.6. The van der Waals surface area contributed by atoms with E-state index in [1.54, 1.807) is 0 Å². The van der Waals surface area contributed by atoms with Crippen LogP contribution in [0.5, 0.6) is 0 Å². The van der Waals surface area contributed by atoms with Crippen LogP contribution in [0.15, 0.2) is 0 Å². The Balaban J connectivity index is 2.49. The standard InChI is InChI=1S/C8H16O2/c1-5-4-6(2)10-8(9)7(5)3/h5-9H,4H2,1-3H3. The first kappa shape index (κ1) is 8.02. The number of hydrogen-bond donors (Lipinski definition) is 1. The minimum absolute atomic E-state index is 0.223. The molecule has 2 heteroatoms. The fourth-order valence-corrected chi connectivity index (χ4v) is 1.44. The lowest BCUT2D eigenvalue weighted by atomic mass is 9.88. The number of ether oxygens (including phenoxy) is 1. The molecule has 4 atom stereocenters. The predicted molar refractivity (Wildman–Crippen MR) is 39.5 cm³/mol. The van der Waals surface area contributed by atoms with Gasteiger partial charge in [0.25, 0.3) is 0 Å². The number of hydrogen-bond acceptors (Lipinski definition) is 2. The van der Waals surface area contributed by atoms with Crippen molar-refractivity contribution in [1.29, 1.82) is 0 Å². The molecule has 1 N–H and O–H groups in total. The Morgan fingerprint density at radius 1 is 1.30 bits per heavy atom. The molecule has 4 unspecified atom stereocenters. The van der Waals surface area contributed by atoms with E-state index in [0.29, 0.717) is 5.92 Å². The summed E-state index contributed by atoms with van der Waals surface area (Å²) in [6.07, 6.45) is 0.748. The monoisotopic (exact) mass is 144 g/mol. The highest BCUT2D eigenvalue weighted by Crippen LogP contribution is 2.28. The summed E-state index contributed by atoms with van der Waals surface area (Å²) in [6, 6.07) is 0. The van der Waals surface area contributed by atoms with Crippen molar-refractivity contribution in [1.82, 2.24) is 0 Å². The number of aliphatic hydroxyl groups excluding tert-OH is 1. The Bertz CT molecular complexity index is 102. The van der Waals surface area contributed by atoms with Gasteiger partial charge in [-0.25, -0.2) is 0 Å². The van der Waals surface area contributed by atoms with Crippen LogP contribution in [0.4, 0.5) is 0 Å². The third-order valence-corrected chi connectivity index (χ3v) is 2.42. The molecule has 1 aliphatic rings. The maximum Gasteiger partial charge on any atom is 0.157 e. The molecule has 1 heterocycles. The molecule has 1 fully saturated rings. The lowest BCUT2D eigenvalue weighted by Gasteiger charge is -2.34. The highest BCUT2D eigenvalue weighted by molar-refractivity contribution is 4.73. The van der Waals surface area contributed by atoms with Gasteiger partial charge in [-0.15, -0.1) is 0 Å². The summed E-state index contributed by atoms with van der Waals surface area (Å²) >= 11 is 0. The minimum Gasteiger partial charge on any atom is -0.368 e. The molecule has 10 heavy (non-hydrogen) atoms. The fourth-order valence-electron chi connectivity index (χ4n) is 1.44. The van der Waals surface area contributed by atoms with Crippen LogP contribution in [-0.2, 0) is 4.74 Å². The molecule has 1 aliphatic heterocycles. The van der Waals surface area contributed by atoms with Crippen LogP contribution in [0.2, 0.25) is 0 Å². The lowest BCUT2D eigenvalue weighted by molar-refractivity contribution is -0.199. The third kappa shape index (κ3) is 1.50. The molecule has 0 aromatic rings. The Morgan fingerprint density at radius 3 is 2.40 bits per heavy atom. The molecule has 0 spiro atoms. The van der Waals surface area contributed by atoms with Gasteiger partial charge < -0.3 is 9.84 Å². The Morgan fingerprint density at radius 2 is 1.90 bits per heavy atom. The van der Waals surface area contributed by atoms with Gasteiger partial charge in [0.1, 0.15) is 0 Å². The highest BCUT2D eigenvalue weighted by Gasteiger charge is 2.29. The van der Waals surface area contributed by atoms with E-state index in [1.165, 1.54) is 0 Å². The van der Waals surface area contributed by atoms with Crippen LogP contribution >= 0.6 is 0 Å². The molecule has 0 radical (unpaired) electrons. The number of rotatable bonds is 0. The molecule has 1 rings (SSSR count). The molecule has 0 bridgehead atoms. The second kappa shape index (κ2) is 2.89. The van der Waals surface area contributed by atoms with Crippen LogP contribution in [-0.4, -0.2) is 17.5 Å². The third-order valence-electron chi connectivity index (χ3n) is 2.42. The second-order valence-electron chi connectivity index (χ2n) is 3.41. The van der Waals surface area contributed by atoms with E-state index in [0.717, 1.165) is 6.42 Å². The maximum absolute atomic E-state index is 9.30. The summed E-state index contributed by atoms with van der Waals surface area (Å²) in [5.41, 5.74) is 0. The largest absolute Gasteiger partial charge is 0.368 e. The van der Waals surface area contributed by atoms with E-state index in [-0.39, 0.29) is 12.0 Å². The molecule has 1 saturated heterocycles. The summed E-state index contributed by atoms with van der Waals surface area (Å²) in [7, 11) is 0. The normalized spacial score (nSPS) is 49.2. The molecule has 60 valence electrons. The lowest BCUT2D eigenvalue weighted by Crippen LogP contribution is -2.37. The van der Waals surface area contributed by atoms with Gasteiger partial charge in [0.2, 0.25) is 0 Å². The quantitative estimate of drug-likeness (QED) is 0.556. The first-order valence-corrected chi connectivity index (χ1v) is 3.94. The van der Waals surface area contributed by atoms with Crippen molar-refractivity contribution in [3.8, 4) is 0 Å². The summed E-state index contributed by atoms with van der Waals surface area (Å²) in [6.45, 7) is 6.19. The van der Waals surface area contributed by atoms with Crippen molar-refractivity contribution in [2.45, 2.75) is 39.6 Å². The average Bonchev–Trinajstić information content (AvgIpc) is 1.82. The minimum atomic E-state index is -0.543. The SMILES string of the molecule is CC1CC(C)C(C)C(O)O1. The summed E-state index contributed by atoms with van der Waals surface area (Å²) in [5.74, 6) is 0.870. The Hall–Kier alpha value is -0.0800. The zero-order valence-electron chi connectivity index (χ0n) is 6.87. The molecule has 0 aliphatic carbocycles. The molecular formula is C8H16O2. The first-order valence-electron chi connectivity index (χ1n) is 3.94. The van der Waals surface area contributed by atoms with Crippen LogP contribution in [0.3, 0.4) is 0 Å². The Kier molecular flexibility index (Phi) is 2.32. The van der Waals surface area contributed by atoms with Gasteiger partial charge in [-0.05, 0) is 19.3 Å². The molecular weight excluding hydrogens is 128 g/mol. The van der Waals surface area contributed by atoms with Crippen molar-refractivity contribution in [3.05, 3.63) is 0 Å². The van der Waals surface area contributed by atoms with E-state index in [2.05, 4.69) is 6.92 Å². The predicted octanol–water partition coefficient (Wildman–Crippen LogP) is 1.39. The summed E-state index contributed by atoms with van der Waals surface area (Å²) in [4.78, 5) is 0. The van der Waals surface area contributed by atoms with Gasteiger partial charge in [-0.2, -0.15) is 0 Å². The van der Waals surface area contributed by atoms with E-state index in [9.17, 15) is 5.11 Å². The van der Waals surface area contributed by atoms with Crippen molar-refractivity contribution in [2.75, 3.05) is 0 Å². The van der Waals surface area contributed by atoms with Crippen molar-refractivity contribution in [3.63, 3.8) is 0 Å². The zero-order chi connectivity index (χ0) is 7.72. The molecule has 2 nitrogen and oxygen atoms in total. The maximum atomic E-state index is 9.30. The fraction of sp³-hybridized carbons (Fsp3) is 1.00. The average molecular weight is 144 g/mol. The first-order chi connectivity index (χ1) is 4.61. The molecule has 0 aromatic heterocycles. The van der Waals surface area contributed by atoms with Gasteiger partial charge >= 0.3 is 0 Å². The van der Waals surface area contributed by atoms with Crippen molar-refractivity contribution in [2.24, 2.45) is 11.8 Å². The van der Waals surface area contributed by atoms with Gasteiger partial charge in [0.15, 0.2) is 6.29 Å². The second-order valence-corrected chi connectivity index (χ2v) is 3.41. The van der Waals surface area contributed by atoms with Crippen LogP contribution < -0.4 is 0 Å². The Labute approximate surface area is 62.2 Å². The number of aliphatic hydroxyl groups is 1. The van der Waals surface area contributed by atoms with Gasteiger partial charge in [-0.3, -0.25) is 0 Å². The molecule has 0 amide bonds. The van der Waals surface area contributed by atoms with Crippen molar-refractivity contribution < 1.29 is 9.84 Å². The van der Waals surface area contributed by atoms with Gasteiger partial charge in [0.05, 0.1) is 6.10 Å². The molecule has 0 aromatic carbocycles. The van der Waals surface area contributed by atoms with E-state index in [1.807, 2.05) is 13.8 Å². The summed E-state index contributed by atoms with van der Waals surface area (Å²) in [5, 5.41) is 9.30. The van der Waals surface area contributed by atoms with E-state index >= 15 is 0 Å². The van der Waals surface area contributed by atoms with Crippen LogP contribution in [0.25, 0.3) is 0 Å². The zero-order valence-corrected chi connectivity index (χ0v) is 6.87.